The second-order valence-corrected chi connectivity index (χ2v) is 6.61. The van der Waals surface area contributed by atoms with Gasteiger partial charge in [-0.1, -0.05) is 18.2 Å². The van der Waals surface area contributed by atoms with Crippen molar-refractivity contribution in [3.05, 3.63) is 36.1 Å². The molecule has 0 atom stereocenters. The van der Waals surface area contributed by atoms with Crippen LogP contribution in [-0.4, -0.2) is 58.7 Å². The molecule has 1 aliphatic heterocycles. The number of rotatable bonds is 4. The molecular formula is C18H28N2O4. The van der Waals surface area contributed by atoms with Gasteiger partial charge in [0.2, 0.25) is 5.91 Å². The van der Waals surface area contributed by atoms with Gasteiger partial charge in [-0.15, -0.1) is 0 Å². The third-order valence-electron chi connectivity index (χ3n) is 3.25. The van der Waals surface area contributed by atoms with Gasteiger partial charge in [0.15, 0.2) is 0 Å². The Balaban J connectivity index is 2.57. The number of ether oxygens (including phenoxy) is 1. The number of hydrogen-bond donors (Lipinski definition) is 1. The summed E-state index contributed by atoms with van der Waals surface area (Å²) in [5.41, 5.74) is -0.573. The molecule has 1 heterocycles. The Hall–Kier alpha value is -2.24. The van der Waals surface area contributed by atoms with Crippen LogP contribution in [0.1, 0.15) is 34.1 Å². The lowest BCUT2D eigenvalue weighted by Gasteiger charge is -2.26. The number of carbonyl (C=O) groups is 2. The lowest BCUT2D eigenvalue weighted by atomic mass is 10.2. The Kier molecular flexibility index (Phi) is 7.55. The third kappa shape index (κ3) is 7.35. The Bertz CT molecular complexity index is 530. The van der Waals surface area contributed by atoms with Crippen LogP contribution in [-0.2, 0) is 9.53 Å². The first-order chi connectivity index (χ1) is 11.2. The van der Waals surface area contributed by atoms with Crippen LogP contribution in [0.2, 0.25) is 0 Å². The summed E-state index contributed by atoms with van der Waals surface area (Å²) in [7, 11) is 0. The van der Waals surface area contributed by atoms with E-state index in [1.165, 1.54) is 4.90 Å². The molecule has 1 fully saturated rings. The van der Waals surface area contributed by atoms with Crippen molar-refractivity contribution in [3.63, 3.8) is 0 Å². The second kappa shape index (κ2) is 9.15. The fourth-order valence-electron chi connectivity index (χ4n) is 2.18. The largest absolute Gasteiger partial charge is 0.508 e. The van der Waals surface area contributed by atoms with Crippen molar-refractivity contribution in [2.75, 3.05) is 26.2 Å². The molecule has 24 heavy (non-hydrogen) atoms. The maximum atomic E-state index is 12.3. The van der Waals surface area contributed by atoms with Gasteiger partial charge in [-0.25, -0.2) is 4.79 Å². The van der Waals surface area contributed by atoms with Gasteiger partial charge in [0.1, 0.15) is 17.9 Å². The molecule has 0 bridgehead atoms. The van der Waals surface area contributed by atoms with Crippen LogP contribution < -0.4 is 0 Å². The SMILES string of the molecule is C\C=C/C(O)=C\C=C\CN1CCCN(C(=O)OC(C)(C)C)CC1=O. The topological polar surface area (TPSA) is 70.1 Å². The van der Waals surface area contributed by atoms with Gasteiger partial charge in [-0.3, -0.25) is 9.69 Å². The van der Waals surface area contributed by atoms with Crippen LogP contribution in [0.25, 0.3) is 0 Å². The number of aliphatic hydroxyl groups is 1. The van der Waals surface area contributed by atoms with Gasteiger partial charge >= 0.3 is 6.09 Å². The summed E-state index contributed by atoms with van der Waals surface area (Å²) in [5.74, 6) is 0.0525. The van der Waals surface area contributed by atoms with E-state index in [0.717, 1.165) is 0 Å². The molecule has 0 aromatic heterocycles. The van der Waals surface area contributed by atoms with Crippen molar-refractivity contribution in [1.29, 1.82) is 0 Å². The number of carbonyl (C=O) groups excluding carboxylic acids is 2. The molecule has 1 rings (SSSR count). The zero-order valence-corrected chi connectivity index (χ0v) is 15.0. The fraction of sp³-hybridized carbons (Fsp3) is 0.556. The Morgan fingerprint density at radius 1 is 1.33 bits per heavy atom. The highest BCUT2D eigenvalue weighted by molar-refractivity contribution is 5.83. The van der Waals surface area contributed by atoms with Gasteiger partial charge in [-0.05, 0) is 46.3 Å². The van der Waals surface area contributed by atoms with Crippen LogP contribution in [0.5, 0.6) is 0 Å². The summed E-state index contributed by atoms with van der Waals surface area (Å²) in [4.78, 5) is 27.5. The average molecular weight is 336 g/mol. The number of allylic oxidation sites excluding steroid dienone is 4. The predicted molar refractivity (Wildman–Crippen MR) is 93.7 cm³/mol. The van der Waals surface area contributed by atoms with E-state index in [1.807, 2.05) is 6.92 Å². The molecule has 2 amide bonds. The molecule has 0 spiro atoms. The van der Waals surface area contributed by atoms with Gasteiger partial charge in [-0.2, -0.15) is 0 Å². The lowest BCUT2D eigenvalue weighted by molar-refractivity contribution is -0.130. The van der Waals surface area contributed by atoms with Crippen molar-refractivity contribution < 1.29 is 19.4 Å². The van der Waals surface area contributed by atoms with Crippen LogP contribution in [0, 0.1) is 0 Å². The number of hydrogen-bond acceptors (Lipinski definition) is 4. The van der Waals surface area contributed by atoms with Crippen molar-refractivity contribution in [1.82, 2.24) is 9.80 Å². The molecule has 0 aliphatic carbocycles. The van der Waals surface area contributed by atoms with E-state index in [1.54, 1.807) is 56.1 Å². The van der Waals surface area contributed by atoms with Crippen molar-refractivity contribution >= 4 is 12.0 Å². The third-order valence-corrected chi connectivity index (χ3v) is 3.25. The average Bonchev–Trinajstić information content (AvgIpc) is 2.64. The first-order valence-electron chi connectivity index (χ1n) is 8.17. The van der Waals surface area contributed by atoms with E-state index in [-0.39, 0.29) is 18.2 Å². The van der Waals surface area contributed by atoms with E-state index in [9.17, 15) is 14.7 Å². The standard InChI is InChI=1S/C18H28N2O4/c1-5-9-15(21)10-6-7-11-19-12-8-13-20(14-16(19)22)17(23)24-18(2,3)4/h5-7,9-10,21H,8,11-14H2,1-4H3/b7-6+,9-5-,15-10+. The molecule has 0 unspecified atom stereocenters. The van der Waals surface area contributed by atoms with Crippen molar-refractivity contribution in [3.8, 4) is 0 Å². The van der Waals surface area contributed by atoms with Gasteiger partial charge < -0.3 is 14.7 Å². The Morgan fingerprint density at radius 3 is 2.67 bits per heavy atom. The van der Waals surface area contributed by atoms with Crippen LogP contribution in [0.4, 0.5) is 4.79 Å². The molecule has 6 heteroatoms. The first-order valence-corrected chi connectivity index (χ1v) is 8.17. The van der Waals surface area contributed by atoms with Crippen LogP contribution in [0.3, 0.4) is 0 Å². The smallest absolute Gasteiger partial charge is 0.410 e. The zero-order valence-electron chi connectivity index (χ0n) is 15.0. The Labute approximate surface area is 144 Å². The van der Waals surface area contributed by atoms with Crippen molar-refractivity contribution in [2.24, 2.45) is 0 Å². The molecule has 0 aromatic rings. The highest BCUT2D eigenvalue weighted by Crippen LogP contribution is 2.12. The Morgan fingerprint density at radius 2 is 2.04 bits per heavy atom. The molecule has 134 valence electrons. The second-order valence-electron chi connectivity index (χ2n) is 6.61. The molecule has 0 radical (unpaired) electrons. The predicted octanol–water partition coefficient (Wildman–Crippen LogP) is 3.03. The summed E-state index contributed by atoms with van der Waals surface area (Å²) in [6.45, 7) is 8.80. The summed E-state index contributed by atoms with van der Waals surface area (Å²) in [6, 6.07) is 0. The maximum absolute atomic E-state index is 12.3. The van der Waals surface area contributed by atoms with E-state index in [4.69, 9.17) is 4.74 Å². The normalized spacial score (nSPS) is 17.7. The van der Waals surface area contributed by atoms with Crippen LogP contribution in [0.15, 0.2) is 36.1 Å². The van der Waals surface area contributed by atoms with E-state index < -0.39 is 11.7 Å². The monoisotopic (exact) mass is 336 g/mol. The zero-order chi connectivity index (χ0) is 18.2. The summed E-state index contributed by atoms with van der Waals surface area (Å²) >= 11 is 0. The highest BCUT2D eigenvalue weighted by atomic mass is 16.6. The molecular weight excluding hydrogens is 308 g/mol. The molecule has 1 N–H and O–H groups in total. The van der Waals surface area contributed by atoms with E-state index in [0.29, 0.717) is 26.1 Å². The van der Waals surface area contributed by atoms with Crippen LogP contribution >= 0.6 is 0 Å². The lowest BCUT2D eigenvalue weighted by Crippen LogP contribution is -2.41. The minimum Gasteiger partial charge on any atom is -0.508 e. The summed E-state index contributed by atoms with van der Waals surface area (Å²) in [6.07, 6.45) is 8.66. The van der Waals surface area contributed by atoms with Gasteiger partial charge in [0.05, 0.1) is 0 Å². The van der Waals surface area contributed by atoms with E-state index in [2.05, 4.69) is 0 Å². The van der Waals surface area contributed by atoms with Crippen molar-refractivity contribution in [2.45, 2.75) is 39.7 Å². The molecule has 0 saturated carbocycles. The highest BCUT2D eigenvalue weighted by Gasteiger charge is 2.27. The maximum Gasteiger partial charge on any atom is 0.410 e. The summed E-state index contributed by atoms with van der Waals surface area (Å²) in [5, 5.41) is 9.46. The quantitative estimate of drug-likeness (QED) is 0.633. The number of aliphatic hydroxyl groups excluding tert-OH is 1. The molecule has 6 nitrogen and oxygen atoms in total. The molecule has 1 aliphatic rings. The first kappa shape index (κ1) is 19.8. The minimum absolute atomic E-state index is 0.0302. The van der Waals surface area contributed by atoms with Gasteiger partial charge in [0.25, 0.3) is 0 Å². The molecule has 1 saturated heterocycles. The number of nitrogens with zero attached hydrogens (tertiary/aromatic N) is 2. The minimum atomic E-state index is -0.573. The number of amides is 2. The van der Waals surface area contributed by atoms with Gasteiger partial charge in [0, 0.05) is 19.6 Å². The molecule has 0 aromatic carbocycles. The fourth-order valence-corrected chi connectivity index (χ4v) is 2.18. The summed E-state index contributed by atoms with van der Waals surface area (Å²) < 4.78 is 5.32. The van der Waals surface area contributed by atoms with E-state index >= 15 is 0 Å².